The molecule has 1 heterocycles. The fourth-order valence-corrected chi connectivity index (χ4v) is 5.27. The van der Waals surface area contributed by atoms with Crippen molar-refractivity contribution in [2.45, 2.75) is 103 Å². The number of carbonyl (C=O) groups is 1. The summed E-state index contributed by atoms with van der Waals surface area (Å²) in [7, 11) is 1.76. The average Bonchev–Trinajstić information content (AvgIpc) is 2.43. The van der Waals surface area contributed by atoms with Crippen LogP contribution in [0.4, 0.5) is 0 Å². The van der Waals surface area contributed by atoms with Crippen LogP contribution in [0.25, 0.3) is 0 Å². The van der Waals surface area contributed by atoms with Gasteiger partial charge in [0.25, 0.3) is 0 Å². The van der Waals surface area contributed by atoms with E-state index in [-0.39, 0.29) is 33.7 Å². The molecule has 0 spiro atoms. The SMILES string of the molecule is CCC(C)(C)CC(C)(C(=O)OC1CC(C)(C)N(C)C(C)(C)C1)P(C)C. The second kappa shape index (κ2) is 7.47. The first-order chi connectivity index (χ1) is 11.1. The Labute approximate surface area is 158 Å². The normalized spacial score (nSPS) is 24.2. The second-order valence-electron chi connectivity index (χ2n) is 10.5. The van der Waals surface area contributed by atoms with Gasteiger partial charge in [-0.1, -0.05) is 35.1 Å². The summed E-state index contributed by atoms with van der Waals surface area (Å²) in [6, 6.07) is 0. The van der Waals surface area contributed by atoms with E-state index in [1.807, 2.05) is 0 Å². The molecular weight excluding hydrogens is 329 g/mol. The maximum absolute atomic E-state index is 13.3. The van der Waals surface area contributed by atoms with Crippen LogP contribution in [0, 0.1) is 5.41 Å². The zero-order chi connectivity index (χ0) is 19.8. The van der Waals surface area contributed by atoms with E-state index in [1.54, 1.807) is 0 Å². The van der Waals surface area contributed by atoms with Gasteiger partial charge in [0, 0.05) is 23.9 Å². The minimum absolute atomic E-state index is 0.00714. The van der Waals surface area contributed by atoms with Crippen LogP contribution in [0.15, 0.2) is 0 Å². The van der Waals surface area contributed by atoms with Crippen molar-refractivity contribution in [1.82, 2.24) is 4.90 Å². The highest BCUT2D eigenvalue weighted by Crippen LogP contribution is 2.51. The first kappa shape index (κ1) is 22.9. The smallest absolute Gasteiger partial charge is 0.316 e. The Morgan fingerprint density at radius 3 is 1.92 bits per heavy atom. The Bertz CT molecular complexity index is 466. The monoisotopic (exact) mass is 371 g/mol. The van der Waals surface area contributed by atoms with Gasteiger partial charge in [0.15, 0.2) is 0 Å². The van der Waals surface area contributed by atoms with Gasteiger partial charge in [0.05, 0.1) is 5.16 Å². The summed E-state index contributed by atoms with van der Waals surface area (Å²) < 4.78 is 6.18. The molecule has 4 heteroatoms. The molecule has 0 N–H and O–H groups in total. The number of hydrogen-bond donors (Lipinski definition) is 0. The van der Waals surface area contributed by atoms with E-state index < -0.39 is 7.92 Å². The zero-order valence-electron chi connectivity index (χ0n) is 18.6. The fraction of sp³-hybridized carbons (Fsp3) is 0.952. The molecule has 148 valence electrons. The molecule has 1 aliphatic heterocycles. The van der Waals surface area contributed by atoms with Gasteiger partial charge in [0.2, 0.25) is 0 Å². The molecule has 25 heavy (non-hydrogen) atoms. The van der Waals surface area contributed by atoms with E-state index in [0.29, 0.717) is 0 Å². The Hall–Kier alpha value is -0.140. The molecule has 1 unspecified atom stereocenters. The van der Waals surface area contributed by atoms with Gasteiger partial charge in [-0.15, -0.1) is 0 Å². The Morgan fingerprint density at radius 1 is 1.12 bits per heavy atom. The van der Waals surface area contributed by atoms with Crippen LogP contribution in [0.2, 0.25) is 0 Å². The predicted octanol–water partition coefficient (Wildman–Crippen LogP) is 5.51. The van der Waals surface area contributed by atoms with Gasteiger partial charge >= 0.3 is 5.97 Å². The topological polar surface area (TPSA) is 29.5 Å². The number of nitrogens with zero attached hydrogens (tertiary/aromatic N) is 1. The summed E-state index contributed by atoms with van der Waals surface area (Å²) in [4.78, 5) is 15.7. The molecule has 1 fully saturated rings. The zero-order valence-corrected chi connectivity index (χ0v) is 19.5. The van der Waals surface area contributed by atoms with Crippen LogP contribution in [0.1, 0.15) is 81.1 Å². The first-order valence-corrected chi connectivity index (χ1v) is 11.9. The summed E-state index contributed by atoms with van der Waals surface area (Å²) in [6.45, 7) is 22.3. The minimum Gasteiger partial charge on any atom is -0.462 e. The van der Waals surface area contributed by atoms with Crippen molar-refractivity contribution in [2.24, 2.45) is 5.41 Å². The van der Waals surface area contributed by atoms with Crippen LogP contribution >= 0.6 is 7.92 Å². The molecule has 0 aromatic carbocycles. The van der Waals surface area contributed by atoms with Gasteiger partial charge in [-0.05, 0) is 66.8 Å². The van der Waals surface area contributed by atoms with Crippen molar-refractivity contribution in [3.8, 4) is 0 Å². The van der Waals surface area contributed by atoms with Crippen molar-refractivity contribution < 1.29 is 9.53 Å². The molecule has 0 aromatic heterocycles. The largest absolute Gasteiger partial charge is 0.462 e. The number of esters is 1. The van der Waals surface area contributed by atoms with Crippen molar-refractivity contribution in [3.63, 3.8) is 0 Å². The van der Waals surface area contributed by atoms with Crippen molar-refractivity contribution >= 4 is 13.9 Å². The number of piperidine rings is 1. The minimum atomic E-state index is -0.424. The van der Waals surface area contributed by atoms with E-state index >= 15 is 0 Å². The number of hydrogen-bond acceptors (Lipinski definition) is 3. The highest BCUT2D eigenvalue weighted by atomic mass is 31.1. The number of likely N-dealkylation sites (tertiary alicyclic amines) is 1. The van der Waals surface area contributed by atoms with Crippen LogP contribution in [-0.4, -0.2) is 53.6 Å². The quantitative estimate of drug-likeness (QED) is 0.455. The third-order valence-electron chi connectivity index (χ3n) is 6.75. The molecule has 0 aliphatic carbocycles. The van der Waals surface area contributed by atoms with Gasteiger partial charge < -0.3 is 4.74 Å². The Balaban J connectivity index is 2.98. The number of rotatable bonds is 6. The molecule has 0 amide bonds. The van der Waals surface area contributed by atoms with Crippen molar-refractivity contribution in [2.75, 3.05) is 20.4 Å². The Kier molecular flexibility index (Phi) is 6.84. The maximum Gasteiger partial charge on any atom is 0.316 e. The molecule has 1 aliphatic rings. The van der Waals surface area contributed by atoms with E-state index in [1.165, 1.54) is 0 Å². The van der Waals surface area contributed by atoms with Crippen molar-refractivity contribution in [3.05, 3.63) is 0 Å². The average molecular weight is 372 g/mol. The van der Waals surface area contributed by atoms with Crippen LogP contribution < -0.4 is 0 Å². The molecule has 0 radical (unpaired) electrons. The summed E-state index contributed by atoms with van der Waals surface area (Å²) >= 11 is 0. The summed E-state index contributed by atoms with van der Waals surface area (Å²) in [5.74, 6) is 0.0197. The van der Waals surface area contributed by atoms with Crippen molar-refractivity contribution in [1.29, 1.82) is 0 Å². The highest BCUT2D eigenvalue weighted by molar-refractivity contribution is 7.58. The third kappa shape index (κ3) is 5.19. The predicted molar refractivity (Wildman–Crippen MR) is 111 cm³/mol. The summed E-state index contributed by atoms with van der Waals surface area (Å²) in [6.07, 6.45) is 3.78. The summed E-state index contributed by atoms with van der Waals surface area (Å²) in [5.41, 5.74) is 0.232. The second-order valence-corrected chi connectivity index (χ2v) is 13.3. The van der Waals surface area contributed by atoms with Crippen LogP contribution in [-0.2, 0) is 9.53 Å². The Morgan fingerprint density at radius 2 is 1.56 bits per heavy atom. The lowest BCUT2D eigenvalue weighted by Crippen LogP contribution is -2.60. The van der Waals surface area contributed by atoms with Gasteiger partial charge in [-0.25, -0.2) is 0 Å². The molecule has 0 saturated carbocycles. The fourth-order valence-electron chi connectivity index (χ4n) is 4.11. The number of carbonyl (C=O) groups excluding carboxylic acids is 1. The van der Waals surface area contributed by atoms with Gasteiger partial charge in [0.1, 0.15) is 6.10 Å². The molecule has 0 bridgehead atoms. The maximum atomic E-state index is 13.3. The van der Waals surface area contributed by atoms with Crippen LogP contribution in [0.3, 0.4) is 0 Å². The van der Waals surface area contributed by atoms with Crippen LogP contribution in [0.5, 0.6) is 0 Å². The molecule has 1 saturated heterocycles. The lowest BCUT2D eigenvalue weighted by Gasteiger charge is -2.53. The lowest BCUT2D eigenvalue weighted by atomic mass is 9.78. The first-order valence-electron chi connectivity index (χ1n) is 9.70. The van der Waals surface area contributed by atoms with E-state index in [0.717, 1.165) is 25.7 Å². The van der Waals surface area contributed by atoms with E-state index in [4.69, 9.17) is 4.74 Å². The standard InChI is InChI=1S/C21H42NO2P/c1-12-18(2,3)15-21(8,25(10)11)17(23)24-16-13-19(4,5)22(9)20(6,7)14-16/h16H,12-15H2,1-11H3. The highest BCUT2D eigenvalue weighted by Gasteiger charge is 2.47. The molecule has 1 rings (SSSR count). The molecule has 1 atom stereocenters. The molecule has 0 aromatic rings. The van der Waals surface area contributed by atoms with E-state index in [2.05, 4.69) is 80.7 Å². The number of ether oxygens (including phenoxy) is 1. The molecule has 3 nitrogen and oxygen atoms in total. The van der Waals surface area contributed by atoms with Gasteiger partial charge in [-0.3, -0.25) is 9.69 Å². The lowest BCUT2D eigenvalue weighted by molar-refractivity contribution is -0.162. The molecular formula is C21H42NO2P. The van der Waals surface area contributed by atoms with Gasteiger partial charge in [-0.2, -0.15) is 0 Å². The third-order valence-corrected chi connectivity index (χ3v) is 9.07. The van der Waals surface area contributed by atoms with E-state index in [9.17, 15) is 4.79 Å². The summed E-state index contributed by atoms with van der Waals surface area (Å²) in [5, 5.41) is -0.369.